The summed E-state index contributed by atoms with van der Waals surface area (Å²) in [6.07, 6.45) is 4.38. The summed E-state index contributed by atoms with van der Waals surface area (Å²) in [5.41, 5.74) is 0.458. The lowest BCUT2D eigenvalue weighted by atomic mass is 10.2. The largest absolute Gasteiger partial charge is 0.353 e. The molecule has 0 bridgehead atoms. The van der Waals surface area contributed by atoms with Crippen molar-refractivity contribution in [2.24, 2.45) is 0 Å². The van der Waals surface area contributed by atoms with E-state index in [1.807, 2.05) is 0 Å². The minimum absolute atomic E-state index is 0.0509. The number of carbonyl (C=O) groups excluding carboxylic acids is 2. The zero-order chi connectivity index (χ0) is 16.9. The molecule has 0 unspecified atom stereocenters. The maximum atomic E-state index is 12.1. The summed E-state index contributed by atoms with van der Waals surface area (Å²) in [5, 5.41) is 2.91. The minimum atomic E-state index is -3.67. The highest BCUT2D eigenvalue weighted by Gasteiger charge is 2.18. The Morgan fingerprint density at radius 1 is 1.13 bits per heavy atom. The average molecular weight is 338 g/mol. The number of nitrogens with one attached hydrogen (secondary N) is 2. The second-order valence-electron chi connectivity index (χ2n) is 5.78. The SMILES string of the molecule is CC(=O)c1ccc(S(=O)(=O)NCCC(=O)NC2CCCC2)cc1. The zero-order valence-electron chi connectivity index (χ0n) is 13.2. The lowest BCUT2D eigenvalue weighted by Crippen LogP contribution is -2.35. The molecule has 0 atom stereocenters. The molecule has 1 aromatic rings. The van der Waals surface area contributed by atoms with Crippen molar-refractivity contribution in [3.8, 4) is 0 Å². The van der Waals surface area contributed by atoms with Gasteiger partial charge in [0, 0.05) is 24.6 Å². The molecule has 7 heteroatoms. The van der Waals surface area contributed by atoms with Crippen molar-refractivity contribution in [1.29, 1.82) is 0 Å². The van der Waals surface area contributed by atoms with Crippen molar-refractivity contribution < 1.29 is 18.0 Å². The first kappa shape index (κ1) is 17.6. The maximum Gasteiger partial charge on any atom is 0.240 e. The molecular formula is C16H22N2O4S. The molecular weight excluding hydrogens is 316 g/mol. The van der Waals surface area contributed by atoms with Gasteiger partial charge in [-0.15, -0.1) is 0 Å². The smallest absolute Gasteiger partial charge is 0.240 e. The van der Waals surface area contributed by atoms with E-state index in [1.54, 1.807) is 0 Å². The molecule has 1 aromatic carbocycles. The first-order valence-electron chi connectivity index (χ1n) is 7.78. The highest BCUT2D eigenvalue weighted by atomic mass is 32.2. The Bertz CT molecular complexity index is 662. The third-order valence-electron chi connectivity index (χ3n) is 3.94. The van der Waals surface area contributed by atoms with Crippen LogP contribution in [0.3, 0.4) is 0 Å². The number of Topliss-reactive ketones (excluding diaryl/α,β-unsaturated/α-hetero) is 1. The highest BCUT2D eigenvalue weighted by molar-refractivity contribution is 7.89. The Morgan fingerprint density at radius 2 is 1.74 bits per heavy atom. The second-order valence-corrected chi connectivity index (χ2v) is 7.54. The molecule has 0 aromatic heterocycles. The molecule has 1 amide bonds. The van der Waals surface area contributed by atoms with Crippen molar-refractivity contribution in [2.75, 3.05) is 6.54 Å². The summed E-state index contributed by atoms with van der Waals surface area (Å²) in [5.74, 6) is -0.253. The third kappa shape index (κ3) is 5.14. The number of hydrogen-bond acceptors (Lipinski definition) is 4. The van der Waals surface area contributed by atoms with Gasteiger partial charge in [0.2, 0.25) is 15.9 Å². The van der Waals surface area contributed by atoms with E-state index < -0.39 is 10.0 Å². The van der Waals surface area contributed by atoms with Gasteiger partial charge in [-0.05, 0) is 31.9 Å². The molecule has 1 fully saturated rings. The number of benzene rings is 1. The van der Waals surface area contributed by atoms with Crippen LogP contribution in [0.15, 0.2) is 29.2 Å². The molecule has 1 aliphatic carbocycles. The molecule has 0 aliphatic heterocycles. The van der Waals surface area contributed by atoms with Gasteiger partial charge < -0.3 is 5.32 Å². The van der Waals surface area contributed by atoms with Crippen LogP contribution >= 0.6 is 0 Å². The quantitative estimate of drug-likeness (QED) is 0.739. The predicted octanol–water partition coefficient (Wildman–Crippen LogP) is 1.62. The molecule has 126 valence electrons. The number of amides is 1. The lowest BCUT2D eigenvalue weighted by Gasteiger charge is -2.12. The average Bonchev–Trinajstić information content (AvgIpc) is 3.00. The highest BCUT2D eigenvalue weighted by Crippen LogP contribution is 2.17. The van der Waals surface area contributed by atoms with Crippen molar-refractivity contribution in [1.82, 2.24) is 10.0 Å². The van der Waals surface area contributed by atoms with Gasteiger partial charge in [0.05, 0.1) is 4.90 Å². The Balaban J connectivity index is 1.83. The van der Waals surface area contributed by atoms with E-state index in [0.717, 1.165) is 25.7 Å². The van der Waals surface area contributed by atoms with Gasteiger partial charge in [-0.2, -0.15) is 0 Å². The van der Waals surface area contributed by atoms with Crippen LogP contribution in [0, 0.1) is 0 Å². The van der Waals surface area contributed by atoms with Crippen LogP contribution < -0.4 is 10.0 Å². The van der Waals surface area contributed by atoms with Crippen molar-refractivity contribution in [3.63, 3.8) is 0 Å². The Morgan fingerprint density at radius 3 is 2.30 bits per heavy atom. The van der Waals surface area contributed by atoms with Gasteiger partial charge >= 0.3 is 0 Å². The number of carbonyl (C=O) groups is 2. The van der Waals surface area contributed by atoms with E-state index in [2.05, 4.69) is 10.0 Å². The normalized spacial score (nSPS) is 15.5. The van der Waals surface area contributed by atoms with Crippen molar-refractivity contribution in [2.45, 2.75) is 50.0 Å². The van der Waals surface area contributed by atoms with Gasteiger partial charge in [-0.1, -0.05) is 25.0 Å². The summed E-state index contributed by atoms with van der Waals surface area (Å²) in [6, 6.07) is 5.96. The summed E-state index contributed by atoms with van der Waals surface area (Å²) in [4.78, 5) is 23.0. The molecule has 1 saturated carbocycles. The van der Waals surface area contributed by atoms with Crippen LogP contribution in [0.4, 0.5) is 0 Å². The summed E-state index contributed by atoms with van der Waals surface area (Å²) >= 11 is 0. The number of rotatable bonds is 7. The molecule has 0 radical (unpaired) electrons. The van der Waals surface area contributed by atoms with Crippen LogP contribution in [-0.2, 0) is 14.8 Å². The summed E-state index contributed by atoms with van der Waals surface area (Å²) < 4.78 is 26.6. The molecule has 2 rings (SSSR count). The van der Waals surface area contributed by atoms with Gasteiger partial charge in [-0.3, -0.25) is 9.59 Å². The van der Waals surface area contributed by atoms with E-state index in [-0.39, 0.29) is 35.6 Å². The fraction of sp³-hybridized carbons (Fsp3) is 0.500. The number of sulfonamides is 1. The van der Waals surface area contributed by atoms with E-state index in [1.165, 1.54) is 31.2 Å². The maximum absolute atomic E-state index is 12.1. The van der Waals surface area contributed by atoms with E-state index in [0.29, 0.717) is 5.56 Å². The minimum Gasteiger partial charge on any atom is -0.353 e. The number of ketones is 1. The molecule has 2 N–H and O–H groups in total. The zero-order valence-corrected chi connectivity index (χ0v) is 14.0. The molecule has 1 aliphatic rings. The second kappa shape index (κ2) is 7.70. The van der Waals surface area contributed by atoms with E-state index in [4.69, 9.17) is 0 Å². The van der Waals surface area contributed by atoms with E-state index in [9.17, 15) is 18.0 Å². The summed E-state index contributed by atoms with van der Waals surface area (Å²) in [7, 11) is -3.67. The van der Waals surface area contributed by atoms with Crippen LogP contribution in [0.2, 0.25) is 0 Å². The molecule has 0 spiro atoms. The van der Waals surface area contributed by atoms with Crippen LogP contribution in [0.5, 0.6) is 0 Å². The topological polar surface area (TPSA) is 92.3 Å². The van der Waals surface area contributed by atoms with Crippen molar-refractivity contribution in [3.05, 3.63) is 29.8 Å². The first-order chi connectivity index (χ1) is 10.9. The van der Waals surface area contributed by atoms with Crippen LogP contribution in [-0.4, -0.2) is 32.7 Å². The summed E-state index contributed by atoms with van der Waals surface area (Å²) in [6.45, 7) is 1.47. The molecule has 0 heterocycles. The number of hydrogen-bond donors (Lipinski definition) is 2. The monoisotopic (exact) mass is 338 g/mol. The Hall–Kier alpha value is -1.73. The van der Waals surface area contributed by atoms with Gasteiger partial charge in [0.1, 0.15) is 0 Å². The standard InChI is InChI=1S/C16H22N2O4S/c1-12(19)13-6-8-15(9-7-13)23(21,22)17-11-10-16(20)18-14-4-2-3-5-14/h6-9,14,17H,2-5,10-11H2,1H3,(H,18,20). The fourth-order valence-electron chi connectivity index (χ4n) is 2.62. The Kier molecular flexibility index (Phi) is 5.90. The lowest BCUT2D eigenvalue weighted by molar-refractivity contribution is -0.121. The van der Waals surface area contributed by atoms with Crippen molar-refractivity contribution >= 4 is 21.7 Å². The molecule has 23 heavy (non-hydrogen) atoms. The fourth-order valence-corrected chi connectivity index (χ4v) is 3.65. The van der Waals surface area contributed by atoms with Gasteiger partial charge in [-0.25, -0.2) is 13.1 Å². The van der Waals surface area contributed by atoms with Gasteiger partial charge in [0.25, 0.3) is 0 Å². The van der Waals surface area contributed by atoms with Gasteiger partial charge in [0.15, 0.2) is 5.78 Å². The van der Waals surface area contributed by atoms with Crippen LogP contribution in [0.25, 0.3) is 0 Å². The van der Waals surface area contributed by atoms with Crippen LogP contribution in [0.1, 0.15) is 49.4 Å². The first-order valence-corrected chi connectivity index (χ1v) is 9.27. The molecule has 6 nitrogen and oxygen atoms in total. The third-order valence-corrected chi connectivity index (χ3v) is 5.41. The van der Waals surface area contributed by atoms with E-state index >= 15 is 0 Å². The predicted molar refractivity (Wildman–Crippen MR) is 86.7 cm³/mol. The molecule has 0 saturated heterocycles. The Labute approximate surface area is 136 Å².